The summed E-state index contributed by atoms with van der Waals surface area (Å²) < 4.78 is 0. The molecule has 0 fully saturated rings. The van der Waals surface area contributed by atoms with Crippen molar-refractivity contribution in [2.75, 3.05) is 0 Å². The van der Waals surface area contributed by atoms with E-state index in [2.05, 4.69) is 20.3 Å². The summed E-state index contributed by atoms with van der Waals surface area (Å²) in [5.41, 5.74) is 1.78. The molecule has 1 atom stereocenters. The molecule has 0 saturated carbocycles. The number of nitrogens with one attached hydrogen (secondary N) is 2. The topological polar surface area (TPSA) is 70.7 Å². The molecule has 0 spiro atoms. The second kappa shape index (κ2) is 5.00. The first-order valence-corrected chi connectivity index (χ1v) is 5.79. The third-order valence-corrected chi connectivity index (χ3v) is 2.91. The van der Waals surface area contributed by atoms with Gasteiger partial charge in [-0.3, -0.25) is 14.8 Å². The SMILES string of the molecule is CC(NCc1csc(=O)[nH]1)c1cnccn1. The predicted octanol–water partition coefficient (Wildman–Crippen LogP) is 1.08. The van der Waals surface area contributed by atoms with E-state index >= 15 is 0 Å². The lowest BCUT2D eigenvalue weighted by molar-refractivity contribution is 0.554. The molecule has 16 heavy (non-hydrogen) atoms. The van der Waals surface area contributed by atoms with Gasteiger partial charge in [0.15, 0.2) is 0 Å². The zero-order chi connectivity index (χ0) is 11.4. The third-order valence-electron chi connectivity index (χ3n) is 2.20. The Morgan fingerprint density at radius 2 is 2.44 bits per heavy atom. The van der Waals surface area contributed by atoms with Crippen molar-refractivity contribution in [2.24, 2.45) is 0 Å². The highest BCUT2D eigenvalue weighted by Crippen LogP contribution is 2.07. The Morgan fingerprint density at radius 1 is 1.56 bits per heavy atom. The van der Waals surface area contributed by atoms with Crippen molar-refractivity contribution in [3.05, 3.63) is 45.0 Å². The van der Waals surface area contributed by atoms with Crippen LogP contribution in [-0.4, -0.2) is 15.0 Å². The van der Waals surface area contributed by atoms with Gasteiger partial charge in [-0.15, -0.1) is 0 Å². The van der Waals surface area contributed by atoms with Crippen molar-refractivity contribution in [1.82, 2.24) is 20.3 Å². The third kappa shape index (κ3) is 2.74. The predicted molar refractivity (Wildman–Crippen MR) is 62.2 cm³/mol. The summed E-state index contributed by atoms with van der Waals surface area (Å²) in [4.78, 5) is 21.8. The average Bonchev–Trinajstić information content (AvgIpc) is 2.73. The maximum Gasteiger partial charge on any atom is 0.304 e. The summed E-state index contributed by atoms with van der Waals surface area (Å²) in [5, 5.41) is 5.08. The van der Waals surface area contributed by atoms with E-state index in [1.165, 1.54) is 11.3 Å². The van der Waals surface area contributed by atoms with Crippen molar-refractivity contribution in [3.63, 3.8) is 0 Å². The van der Waals surface area contributed by atoms with E-state index in [-0.39, 0.29) is 10.9 Å². The minimum Gasteiger partial charge on any atom is -0.315 e. The van der Waals surface area contributed by atoms with E-state index < -0.39 is 0 Å². The molecule has 5 nitrogen and oxygen atoms in total. The molecule has 0 aromatic carbocycles. The van der Waals surface area contributed by atoms with Gasteiger partial charge in [0, 0.05) is 42.3 Å². The lowest BCUT2D eigenvalue weighted by Gasteiger charge is -2.11. The molecular formula is C10H12N4OS. The van der Waals surface area contributed by atoms with E-state index in [9.17, 15) is 4.79 Å². The lowest BCUT2D eigenvalue weighted by Crippen LogP contribution is -2.19. The number of H-pyrrole nitrogens is 1. The van der Waals surface area contributed by atoms with Crippen molar-refractivity contribution in [3.8, 4) is 0 Å². The quantitative estimate of drug-likeness (QED) is 0.833. The summed E-state index contributed by atoms with van der Waals surface area (Å²) in [7, 11) is 0. The highest BCUT2D eigenvalue weighted by Gasteiger charge is 2.06. The smallest absolute Gasteiger partial charge is 0.304 e. The fourth-order valence-electron chi connectivity index (χ4n) is 1.30. The number of nitrogens with zero attached hydrogens (tertiary/aromatic N) is 2. The molecule has 2 N–H and O–H groups in total. The van der Waals surface area contributed by atoms with Gasteiger partial charge in [0.25, 0.3) is 0 Å². The van der Waals surface area contributed by atoms with Crippen LogP contribution in [0.15, 0.2) is 28.8 Å². The Balaban J connectivity index is 1.94. The van der Waals surface area contributed by atoms with Crippen LogP contribution in [0.2, 0.25) is 0 Å². The molecule has 6 heteroatoms. The number of aromatic nitrogens is 3. The molecular weight excluding hydrogens is 224 g/mol. The van der Waals surface area contributed by atoms with Gasteiger partial charge in [-0.2, -0.15) is 0 Å². The Bertz CT molecular complexity index is 493. The Morgan fingerprint density at radius 3 is 3.06 bits per heavy atom. The largest absolute Gasteiger partial charge is 0.315 e. The first-order chi connectivity index (χ1) is 7.75. The number of hydrogen-bond donors (Lipinski definition) is 2. The van der Waals surface area contributed by atoms with Crippen molar-refractivity contribution in [2.45, 2.75) is 19.5 Å². The first-order valence-electron chi connectivity index (χ1n) is 4.91. The van der Waals surface area contributed by atoms with Crippen LogP contribution in [0.4, 0.5) is 0 Å². The van der Waals surface area contributed by atoms with Gasteiger partial charge in [-0.05, 0) is 6.92 Å². The van der Waals surface area contributed by atoms with E-state index in [1.807, 2.05) is 12.3 Å². The molecule has 2 aromatic rings. The van der Waals surface area contributed by atoms with Crippen LogP contribution >= 0.6 is 11.3 Å². The Hall–Kier alpha value is -1.53. The van der Waals surface area contributed by atoms with Crippen LogP contribution in [0.1, 0.15) is 24.4 Å². The molecule has 0 aliphatic carbocycles. The molecule has 0 bridgehead atoms. The summed E-state index contributed by atoms with van der Waals surface area (Å²) in [6, 6.07) is 0.108. The number of aromatic amines is 1. The number of rotatable bonds is 4. The molecule has 2 aromatic heterocycles. The molecule has 1 unspecified atom stereocenters. The summed E-state index contributed by atoms with van der Waals surface area (Å²) >= 11 is 1.17. The number of thiazole rings is 1. The summed E-state index contributed by atoms with van der Waals surface area (Å²) in [6.45, 7) is 2.63. The summed E-state index contributed by atoms with van der Waals surface area (Å²) in [6.07, 6.45) is 5.04. The molecule has 0 radical (unpaired) electrons. The van der Waals surface area contributed by atoms with Crippen LogP contribution in [0.3, 0.4) is 0 Å². The molecule has 0 saturated heterocycles. The fraction of sp³-hybridized carbons (Fsp3) is 0.300. The van der Waals surface area contributed by atoms with Gasteiger partial charge < -0.3 is 10.3 Å². The van der Waals surface area contributed by atoms with Crippen LogP contribution in [0.25, 0.3) is 0 Å². The highest BCUT2D eigenvalue weighted by atomic mass is 32.1. The standard InChI is InChI=1S/C10H12N4OS/c1-7(9-5-11-2-3-12-9)13-4-8-6-16-10(15)14-8/h2-3,5-7,13H,4H2,1H3,(H,14,15). The molecule has 0 aliphatic rings. The second-order valence-corrected chi connectivity index (χ2v) is 4.25. The van der Waals surface area contributed by atoms with Crippen molar-refractivity contribution >= 4 is 11.3 Å². The Labute approximate surface area is 96.6 Å². The zero-order valence-electron chi connectivity index (χ0n) is 8.80. The van der Waals surface area contributed by atoms with Gasteiger partial charge in [-0.1, -0.05) is 11.3 Å². The second-order valence-electron chi connectivity index (χ2n) is 3.41. The normalized spacial score (nSPS) is 12.6. The van der Waals surface area contributed by atoms with E-state index in [1.54, 1.807) is 18.6 Å². The molecule has 2 rings (SSSR count). The monoisotopic (exact) mass is 236 g/mol. The van der Waals surface area contributed by atoms with Gasteiger partial charge in [-0.25, -0.2) is 0 Å². The van der Waals surface area contributed by atoms with Crippen LogP contribution in [0.5, 0.6) is 0 Å². The van der Waals surface area contributed by atoms with Crippen LogP contribution in [0, 0.1) is 0 Å². The first kappa shape index (κ1) is 11.0. The maximum absolute atomic E-state index is 10.9. The van der Waals surface area contributed by atoms with Crippen LogP contribution in [-0.2, 0) is 6.54 Å². The lowest BCUT2D eigenvalue weighted by atomic mass is 10.2. The average molecular weight is 236 g/mol. The van der Waals surface area contributed by atoms with Gasteiger partial charge in [0.1, 0.15) is 0 Å². The Kier molecular flexibility index (Phi) is 3.43. The summed E-state index contributed by atoms with van der Waals surface area (Å²) in [5.74, 6) is 0. The molecule has 84 valence electrons. The minimum atomic E-state index is -0.0241. The number of hydrogen-bond acceptors (Lipinski definition) is 5. The van der Waals surface area contributed by atoms with E-state index in [0.717, 1.165) is 11.4 Å². The van der Waals surface area contributed by atoms with Crippen molar-refractivity contribution < 1.29 is 0 Å². The van der Waals surface area contributed by atoms with Crippen molar-refractivity contribution in [1.29, 1.82) is 0 Å². The van der Waals surface area contributed by atoms with E-state index in [4.69, 9.17) is 0 Å². The zero-order valence-corrected chi connectivity index (χ0v) is 9.62. The molecule has 0 amide bonds. The maximum atomic E-state index is 10.9. The van der Waals surface area contributed by atoms with Gasteiger partial charge in [0.05, 0.1) is 5.69 Å². The molecule has 0 aliphatic heterocycles. The van der Waals surface area contributed by atoms with Gasteiger partial charge >= 0.3 is 4.87 Å². The fourth-order valence-corrected chi connectivity index (χ4v) is 1.88. The minimum absolute atomic E-state index is 0.0241. The highest BCUT2D eigenvalue weighted by molar-refractivity contribution is 7.07. The van der Waals surface area contributed by atoms with Crippen LogP contribution < -0.4 is 10.2 Å². The van der Waals surface area contributed by atoms with Gasteiger partial charge in [0.2, 0.25) is 0 Å². The molecule has 2 heterocycles. The van der Waals surface area contributed by atoms with E-state index in [0.29, 0.717) is 6.54 Å².